The van der Waals surface area contributed by atoms with E-state index in [0.29, 0.717) is 5.56 Å². The van der Waals surface area contributed by atoms with Crippen LogP contribution in [0.1, 0.15) is 36.8 Å². The van der Waals surface area contributed by atoms with Crippen LogP contribution >= 0.6 is 0 Å². The fraction of sp³-hybridized carbons (Fsp3) is 0.375. The Hall–Kier alpha value is -3.37. The minimum Gasteiger partial charge on any atom is -0.394 e. The number of nitrogens with zero attached hydrogens (tertiary/aromatic N) is 2. The fourth-order valence-electron chi connectivity index (χ4n) is 3.50. The molecule has 1 aromatic heterocycles. The van der Waals surface area contributed by atoms with Gasteiger partial charge in [-0.3, -0.25) is 14.3 Å². The molecule has 2 amide bonds. The SMILES string of the molecule is CC(C)(C)[C@H](NC(=O)c1nn(Cc2ccc(F)cc2)c2c(F)cccc12)C(=O)NC[C@@H](O)CO. The van der Waals surface area contributed by atoms with Gasteiger partial charge in [0, 0.05) is 11.9 Å². The number of carbonyl (C=O) groups excluding carboxylic acids is 2. The maximum absolute atomic E-state index is 14.7. The number of amides is 2. The van der Waals surface area contributed by atoms with Gasteiger partial charge in [0.1, 0.15) is 23.2 Å². The molecule has 0 saturated heterocycles. The van der Waals surface area contributed by atoms with Crippen molar-refractivity contribution in [3.05, 3.63) is 65.4 Å². The van der Waals surface area contributed by atoms with Crippen LogP contribution in [0, 0.1) is 17.0 Å². The van der Waals surface area contributed by atoms with Gasteiger partial charge in [-0.1, -0.05) is 45.0 Å². The number of halogens is 2. The second-order valence-electron chi connectivity index (χ2n) is 9.12. The van der Waals surface area contributed by atoms with Crippen LogP contribution in [0.15, 0.2) is 42.5 Å². The minimum atomic E-state index is -1.13. The highest BCUT2D eigenvalue weighted by Crippen LogP contribution is 2.25. The summed E-state index contributed by atoms with van der Waals surface area (Å²) in [7, 11) is 0. The van der Waals surface area contributed by atoms with E-state index in [2.05, 4.69) is 15.7 Å². The number of hydrogen-bond donors (Lipinski definition) is 4. The summed E-state index contributed by atoms with van der Waals surface area (Å²) in [6, 6.07) is 8.93. The number of aromatic nitrogens is 2. The predicted octanol–water partition coefficient (Wildman–Crippen LogP) is 1.98. The summed E-state index contributed by atoms with van der Waals surface area (Å²) in [5.41, 5.74) is 0.00557. The third-order valence-electron chi connectivity index (χ3n) is 5.31. The molecule has 3 aromatic rings. The molecule has 4 N–H and O–H groups in total. The van der Waals surface area contributed by atoms with E-state index in [-0.39, 0.29) is 29.7 Å². The first-order chi connectivity index (χ1) is 16.0. The second kappa shape index (κ2) is 10.3. The lowest BCUT2D eigenvalue weighted by atomic mass is 9.86. The number of para-hydroxylation sites is 1. The van der Waals surface area contributed by atoms with Gasteiger partial charge in [-0.05, 0) is 29.2 Å². The van der Waals surface area contributed by atoms with E-state index in [1.54, 1.807) is 39.0 Å². The molecule has 1 heterocycles. The first kappa shape index (κ1) is 25.3. The third-order valence-corrected chi connectivity index (χ3v) is 5.31. The van der Waals surface area contributed by atoms with Crippen LogP contribution in [0.5, 0.6) is 0 Å². The Labute approximate surface area is 195 Å². The quantitative estimate of drug-likeness (QED) is 0.398. The van der Waals surface area contributed by atoms with Crippen molar-refractivity contribution in [2.24, 2.45) is 5.41 Å². The minimum absolute atomic E-state index is 0.0611. The lowest BCUT2D eigenvalue weighted by Crippen LogP contribution is -2.54. The molecule has 3 rings (SSSR count). The molecular formula is C24H28F2N4O4. The molecule has 0 unspecified atom stereocenters. The van der Waals surface area contributed by atoms with Crippen molar-refractivity contribution in [2.45, 2.75) is 39.5 Å². The Kier molecular flexibility index (Phi) is 7.63. The molecule has 34 heavy (non-hydrogen) atoms. The van der Waals surface area contributed by atoms with Crippen LogP contribution in [0.25, 0.3) is 10.9 Å². The third kappa shape index (κ3) is 5.75. The van der Waals surface area contributed by atoms with Crippen molar-refractivity contribution in [1.29, 1.82) is 0 Å². The lowest BCUT2D eigenvalue weighted by Gasteiger charge is -2.30. The Bertz CT molecular complexity index is 1170. The zero-order chi connectivity index (χ0) is 25.0. The largest absolute Gasteiger partial charge is 0.394 e. The standard InChI is InChI=1S/C24H28F2N4O4/c1-24(2,3)21(23(34)27-11-16(32)13-31)28-22(33)19-17-5-4-6-18(26)20(17)30(29-19)12-14-7-9-15(25)10-8-14/h4-10,16,21,31-32H,11-13H2,1-3H3,(H,27,34)(H,28,33)/t16-,21-/m1/s1. The number of rotatable bonds is 8. The normalized spacial score (nSPS) is 13.5. The molecule has 0 fully saturated rings. The summed E-state index contributed by atoms with van der Waals surface area (Å²) in [6.07, 6.45) is -1.13. The Morgan fingerprint density at radius 2 is 1.79 bits per heavy atom. The molecule has 0 aliphatic heterocycles. The van der Waals surface area contributed by atoms with E-state index < -0.39 is 47.6 Å². The summed E-state index contributed by atoms with van der Waals surface area (Å²) in [6.45, 7) is 4.67. The molecule has 0 radical (unpaired) electrons. The maximum Gasteiger partial charge on any atom is 0.273 e. The molecule has 0 aliphatic rings. The van der Waals surface area contributed by atoms with Crippen molar-refractivity contribution in [3.8, 4) is 0 Å². The predicted molar refractivity (Wildman–Crippen MR) is 122 cm³/mol. The Balaban J connectivity index is 1.92. The van der Waals surface area contributed by atoms with Crippen LogP contribution in [0.4, 0.5) is 8.78 Å². The van der Waals surface area contributed by atoms with Crippen molar-refractivity contribution >= 4 is 22.7 Å². The van der Waals surface area contributed by atoms with E-state index in [1.807, 2.05) is 0 Å². The van der Waals surface area contributed by atoms with Crippen molar-refractivity contribution in [3.63, 3.8) is 0 Å². The van der Waals surface area contributed by atoms with Gasteiger partial charge in [0.2, 0.25) is 5.91 Å². The van der Waals surface area contributed by atoms with Gasteiger partial charge in [0.25, 0.3) is 5.91 Å². The van der Waals surface area contributed by atoms with Gasteiger partial charge in [-0.15, -0.1) is 0 Å². The monoisotopic (exact) mass is 474 g/mol. The van der Waals surface area contributed by atoms with Gasteiger partial charge in [-0.25, -0.2) is 8.78 Å². The molecule has 10 heteroatoms. The lowest BCUT2D eigenvalue weighted by molar-refractivity contribution is -0.125. The summed E-state index contributed by atoms with van der Waals surface area (Å²) in [4.78, 5) is 25.9. The fourth-order valence-corrected chi connectivity index (χ4v) is 3.50. The number of carbonyl (C=O) groups is 2. The number of fused-ring (bicyclic) bond motifs is 1. The number of aliphatic hydroxyl groups is 2. The molecule has 0 spiro atoms. The smallest absolute Gasteiger partial charge is 0.273 e. The van der Waals surface area contributed by atoms with Gasteiger partial charge in [0.05, 0.1) is 19.3 Å². The van der Waals surface area contributed by atoms with Crippen LogP contribution in [-0.2, 0) is 11.3 Å². The molecule has 182 valence electrons. The van der Waals surface area contributed by atoms with E-state index in [1.165, 1.54) is 28.9 Å². The highest BCUT2D eigenvalue weighted by atomic mass is 19.1. The second-order valence-corrected chi connectivity index (χ2v) is 9.12. The van der Waals surface area contributed by atoms with E-state index in [9.17, 15) is 23.5 Å². The number of aliphatic hydroxyl groups excluding tert-OH is 2. The van der Waals surface area contributed by atoms with Crippen LogP contribution in [-0.4, -0.2) is 57.1 Å². The van der Waals surface area contributed by atoms with Crippen LogP contribution in [0.3, 0.4) is 0 Å². The van der Waals surface area contributed by atoms with E-state index in [0.717, 1.165) is 0 Å². The van der Waals surface area contributed by atoms with Gasteiger partial charge < -0.3 is 20.8 Å². The average Bonchev–Trinajstić information content (AvgIpc) is 3.15. The first-order valence-electron chi connectivity index (χ1n) is 10.8. The topological polar surface area (TPSA) is 116 Å². The summed E-state index contributed by atoms with van der Waals surface area (Å²) in [5, 5.41) is 28.2. The highest BCUT2D eigenvalue weighted by Gasteiger charge is 2.34. The van der Waals surface area contributed by atoms with Crippen LogP contribution < -0.4 is 10.6 Å². The maximum atomic E-state index is 14.7. The molecule has 8 nitrogen and oxygen atoms in total. The molecule has 0 saturated carbocycles. The van der Waals surface area contributed by atoms with Gasteiger partial charge in [0.15, 0.2) is 5.69 Å². The molecule has 0 aliphatic carbocycles. The van der Waals surface area contributed by atoms with Gasteiger partial charge >= 0.3 is 0 Å². The van der Waals surface area contributed by atoms with Gasteiger partial charge in [-0.2, -0.15) is 5.10 Å². The zero-order valence-electron chi connectivity index (χ0n) is 19.2. The molecule has 2 atom stereocenters. The average molecular weight is 475 g/mol. The number of hydrogen-bond acceptors (Lipinski definition) is 5. The highest BCUT2D eigenvalue weighted by molar-refractivity contribution is 6.06. The van der Waals surface area contributed by atoms with Crippen molar-refractivity contribution in [2.75, 3.05) is 13.2 Å². The van der Waals surface area contributed by atoms with Crippen LogP contribution in [0.2, 0.25) is 0 Å². The molecular weight excluding hydrogens is 446 g/mol. The summed E-state index contributed by atoms with van der Waals surface area (Å²) >= 11 is 0. The molecule has 2 aromatic carbocycles. The molecule has 0 bridgehead atoms. The first-order valence-corrected chi connectivity index (χ1v) is 10.8. The summed E-state index contributed by atoms with van der Waals surface area (Å²) < 4.78 is 29.3. The Morgan fingerprint density at radius 3 is 2.41 bits per heavy atom. The van der Waals surface area contributed by atoms with E-state index >= 15 is 0 Å². The zero-order valence-corrected chi connectivity index (χ0v) is 19.2. The number of nitrogens with one attached hydrogen (secondary N) is 2. The van der Waals surface area contributed by atoms with Crippen molar-refractivity contribution < 1.29 is 28.6 Å². The Morgan fingerprint density at radius 1 is 1.12 bits per heavy atom. The van der Waals surface area contributed by atoms with Crippen molar-refractivity contribution in [1.82, 2.24) is 20.4 Å². The summed E-state index contributed by atoms with van der Waals surface area (Å²) in [5.74, 6) is -2.20. The number of benzene rings is 2. The van der Waals surface area contributed by atoms with E-state index in [4.69, 9.17) is 5.11 Å².